The Hall–Kier alpha value is -0.820. The maximum Gasteiger partial charge on any atom is 0.00988 e. The minimum atomic E-state index is 0.443. The molecular weight excluding hydrogens is 254 g/mol. The first-order valence-electron chi connectivity index (χ1n) is 8.80. The number of rotatable bonds is 6. The smallest absolute Gasteiger partial charge is 0.00988 e. The molecule has 0 aromatic heterocycles. The quantitative estimate of drug-likeness (QED) is 0.777. The van der Waals surface area contributed by atoms with Crippen molar-refractivity contribution in [3.8, 4) is 0 Å². The molecule has 0 spiro atoms. The fourth-order valence-electron chi connectivity index (χ4n) is 3.49. The van der Waals surface area contributed by atoms with E-state index in [1.54, 1.807) is 11.1 Å². The summed E-state index contributed by atoms with van der Waals surface area (Å²) in [5, 5.41) is 3.84. The second kappa shape index (κ2) is 7.45. The van der Waals surface area contributed by atoms with Crippen LogP contribution in [0.2, 0.25) is 0 Å². The van der Waals surface area contributed by atoms with E-state index < -0.39 is 0 Å². The van der Waals surface area contributed by atoms with Gasteiger partial charge < -0.3 is 5.32 Å². The van der Waals surface area contributed by atoms with Crippen molar-refractivity contribution >= 4 is 0 Å². The lowest BCUT2D eigenvalue weighted by Gasteiger charge is -2.34. The molecule has 2 atom stereocenters. The molecule has 0 heterocycles. The van der Waals surface area contributed by atoms with Gasteiger partial charge in [0.2, 0.25) is 0 Å². The van der Waals surface area contributed by atoms with Crippen LogP contribution < -0.4 is 5.32 Å². The SMILES string of the molecule is CCCNC(CCC(C)(C)C)C1CCc2ccccc2C1. The van der Waals surface area contributed by atoms with Gasteiger partial charge in [-0.25, -0.2) is 0 Å². The van der Waals surface area contributed by atoms with Crippen molar-refractivity contribution in [2.45, 2.75) is 72.3 Å². The molecule has 0 saturated carbocycles. The predicted molar refractivity (Wildman–Crippen MR) is 92.7 cm³/mol. The minimum absolute atomic E-state index is 0.443. The molecule has 0 saturated heterocycles. The van der Waals surface area contributed by atoms with E-state index in [1.807, 2.05) is 0 Å². The monoisotopic (exact) mass is 287 g/mol. The van der Waals surface area contributed by atoms with Gasteiger partial charge >= 0.3 is 0 Å². The molecule has 0 aliphatic heterocycles. The normalized spacial score (nSPS) is 20.1. The lowest BCUT2D eigenvalue weighted by atomic mass is 9.77. The summed E-state index contributed by atoms with van der Waals surface area (Å²) in [6, 6.07) is 9.73. The number of fused-ring (bicyclic) bond motifs is 1. The fourth-order valence-corrected chi connectivity index (χ4v) is 3.49. The molecule has 1 aliphatic rings. The van der Waals surface area contributed by atoms with Gasteiger partial charge in [0.1, 0.15) is 0 Å². The zero-order valence-corrected chi connectivity index (χ0v) is 14.4. The first kappa shape index (κ1) is 16.5. The van der Waals surface area contributed by atoms with Crippen molar-refractivity contribution in [3.05, 3.63) is 35.4 Å². The van der Waals surface area contributed by atoms with E-state index in [2.05, 4.69) is 57.3 Å². The van der Waals surface area contributed by atoms with Crippen LogP contribution in [0, 0.1) is 11.3 Å². The molecule has 1 N–H and O–H groups in total. The first-order valence-corrected chi connectivity index (χ1v) is 8.80. The summed E-state index contributed by atoms with van der Waals surface area (Å²) < 4.78 is 0. The van der Waals surface area contributed by atoms with E-state index in [0.29, 0.717) is 11.5 Å². The van der Waals surface area contributed by atoms with E-state index >= 15 is 0 Å². The lowest BCUT2D eigenvalue weighted by molar-refractivity contribution is 0.261. The highest BCUT2D eigenvalue weighted by Gasteiger charge is 2.26. The minimum Gasteiger partial charge on any atom is -0.314 e. The lowest BCUT2D eigenvalue weighted by Crippen LogP contribution is -2.40. The van der Waals surface area contributed by atoms with E-state index in [9.17, 15) is 0 Å². The van der Waals surface area contributed by atoms with Crippen molar-refractivity contribution in [2.75, 3.05) is 6.54 Å². The molecule has 1 aromatic carbocycles. The van der Waals surface area contributed by atoms with Crippen molar-refractivity contribution in [2.24, 2.45) is 11.3 Å². The van der Waals surface area contributed by atoms with Crippen molar-refractivity contribution in [1.29, 1.82) is 0 Å². The van der Waals surface area contributed by atoms with Crippen LogP contribution in [0.5, 0.6) is 0 Å². The van der Waals surface area contributed by atoms with Gasteiger partial charge in [0.15, 0.2) is 0 Å². The van der Waals surface area contributed by atoms with Gasteiger partial charge in [0.25, 0.3) is 0 Å². The molecule has 21 heavy (non-hydrogen) atoms. The van der Waals surface area contributed by atoms with Crippen molar-refractivity contribution in [3.63, 3.8) is 0 Å². The Labute approximate surface area is 131 Å². The molecule has 2 unspecified atom stereocenters. The summed E-state index contributed by atoms with van der Waals surface area (Å²) in [6.07, 6.45) is 7.74. The molecule has 0 fully saturated rings. The second-order valence-corrected chi connectivity index (χ2v) is 7.93. The fraction of sp³-hybridized carbons (Fsp3) is 0.700. The molecule has 1 nitrogen and oxygen atoms in total. The molecule has 2 rings (SSSR count). The summed E-state index contributed by atoms with van der Waals surface area (Å²) in [4.78, 5) is 0. The number of benzene rings is 1. The third-order valence-corrected chi connectivity index (χ3v) is 4.82. The zero-order valence-electron chi connectivity index (χ0n) is 14.4. The van der Waals surface area contributed by atoms with Gasteiger partial charge in [-0.15, -0.1) is 0 Å². The van der Waals surface area contributed by atoms with Gasteiger partial charge in [-0.2, -0.15) is 0 Å². The highest BCUT2D eigenvalue weighted by molar-refractivity contribution is 5.30. The maximum absolute atomic E-state index is 3.84. The average molecular weight is 287 g/mol. The Morgan fingerprint density at radius 1 is 1.19 bits per heavy atom. The predicted octanol–water partition coefficient (Wildman–Crippen LogP) is 4.99. The Morgan fingerprint density at radius 2 is 1.90 bits per heavy atom. The Kier molecular flexibility index (Phi) is 5.87. The summed E-state index contributed by atoms with van der Waals surface area (Å²) >= 11 is 0. The molecule has 1 aliphatic carbocycles. The Bertz CT molecular complexity index is 430. The van der Waals surface area contributed by atoms with E-state index in [1.165, 1.54) is 38.5 Å². The summed E-state index contributed by atoms with van der Waals surface area (Å²) in [6.45, 7) is 10.5. The molecule has 1 heteroatoms. The zero-order chi connectivity index (χ0) is 15.3. The van der Waals surface area contributed by atoms with Gasteiger partial charge in [-0.1, -0.05) is 52.0 Å². The van der Waals surface area contributed by atoms with Crippen LogP contribution in [0.25, 0.3) is 0 Å². The second-order valence-electron chi connectivity index (χ2n) is 7.93. The molecule has 118 valence electrons. The van der Waals surface area contributed by atoms with Crippen LogP contribution >= 0.6 is 0 Å². The molecular formula is C20H33N. The standard InChI is InChI=1S/C20H33N/c1-5-14-21-19(12-13-20(2,3)4)18-11-10-16-8-6-7-9-17(16)15-18/h6-9,18-19,21H,5,10-15H2,1-4H3. The number of aryl methyl sites for hydroxylation is 1. The maximum atomic E-state index is 3.84. The largest absolute Gasteiger partial charge is 0.314 e. The van der Waals surface area contributed by atoms with E-state index in [4.69, 9.17) is 0 Å². The van der Waals surface area contributed by atoms with E-state index in [0.717, 1.165) is 12.5 Å². The number of nitrogens with one attached hydrogen (secondary N) is 1. The Balaban J connectivity index is 2.00. The molecule has 1 aromatic rings. The topological polar surface area (TPSA) is 12.0 Å². The van der Waals surface area contributed by atoms with Crippen LogP contribution in [0.15, 0.2) is 24.3 Å². The van der Waals surface area contributed by atoms with Crippen LogP contribution in [0.3, 0.4) is 0 Å². The highest BCUT2D eigenvalue weighted by atomic mass is 14.9. The van der Waals surface area contributed by atoms with Crippen LogP contribution in [-0.4, -0.2) is 12.6 Å². The van der Waals surface area contributed by atoms with Gasteiger partial charge in [-0.05, 0) is 67.5 Å². The summed E-state index contributed by atoms with van der Waals surface area (Å²) in [5.74, 6) is 0.814. The van der Waals surface area contributed by atoms with Crippen LogP contribution in [0.1, 0.15) is 64.5 Å². The summed E-state index contributed by atoms with van der Waals surface area (Å²) in [5.41, 5.74) is 3.62. The van der Waals surface area contributed by atoms with Gasteiger partial charge in [-0.3, -0.25) is 0 Å². The van der Waals surface area contributed by atoms with Crippen molar-refractivity contribution < 1.29 is 0 Å². The van der Waals surface area contributed by atoms with Crippen LogP contribution in [-0.2, 0) is 12.8 Å². The third kappa shape index (κ3) is 5.14. The molecule has 0 radical (unpaired) electrons. The summed E-state index contributed by atoms with van der Waals surface area (Å²) in [7, 11) is 0. The van der Waals surface area contributed by atoms with Gasteiger partial charge in [0, 0.05) is 6.04 Å². The molecule has 0 bridgehead atoms. The van der Waals surface area contributed by atoms with Gasteiger partial charge in [0.05, 0.1) is 0 Å². The molecule has 0 amide bonds. The average Bonchev–Trinajstić information content (AvgIpc) is 2.46. The number of hydrogen-bond acceptors (Lipinski definition) is 1. The number of hydrogen-bond donors (Lipinski definition) is 1. The highest BCUT2D eigenvalue weighted by Crippen LogP contribution is 2.31. The Morgan fingerprint density at radius 3 is 2.57 bits per heavy atom. The third-order valence-electron chi connectivity index (χ3n) is 4.82. The van der Waals surface area contributed by atoms with Crippen molar-refractivity contribution in [1.82, 2.24) is 5.32 Å². The van der Waals surface area contributed by atoms with E-state index in [-0.39, 0.29) is 0 Å². The first-order chi connectivity index (χ1) is 9.99. The van der Waals surface area contributed by atoms with Crippen LogP contribution in [0.4, 0.5) is 0 Å².